The summed E-state index contributed by atoms with van der Waals surface area (Å²) in [5.74, 6) is 0. The molecule has 4 heteroatoms. The van der Waals surface area contributed by atoms with E-state index in [1.54, 1.807) is 24.7 Å². The van der Waals surface area contributed by atoms with Crippen LogP contribution in [0.3, 0.4) is 0 Å². The third-order valence-corrected chi connectivity index (χ3v) is 2.55. The normalized spacial score (nSPS) is 14.8. The van der Waals surface area contributed by atoms with E-state index in [2.05, 4.69) is 27.7 Å². The summed E-state index contributed by atoms with van der Waals surface area (Å²) in [5, 5.41) is 13.8. The van der Waals surface area contributed by atoms with Crippen LogP contribution >= 0.6 is 22.6 Å². The van der Waals surface area contributed by atoms with Crippen LogP contribution in [0.15, 0.2) is 12.4 Å². The Morgan fingerprint density at radius 1 is 1.67 bits per heavy atom. The molecule has 0 aliphatic rings. The molecule has 12 heavy (non-hydrogen) atoms. The van der Waals surface area contributed by atoms with Gasteiger partial charge in [0, 0.05) is 6.20 Å². The first-order valence-electron chi connectivity index (χ1n) is 3.83. The largest absolute Gasteiger partial charge is 0.388 e. The Hall–Kier alpha value is -0.100. The Morgan fingerprint density at radius 3 is 2.58 bits per heavy atom. The fraction of sp³-hybridized carbons (Fsp3) is 0.625. The molecule has 1 aromatic rings. The Morgan fingerprint density at radius 2 is 2.25 bits per heavy atom. The summed E-state index contributed by atoms with van der Waals surface area (Å²) < 4.78 is 2.87. The molecular formula is C8H13IN2O. The van der Waals surface area contributed by atoms with E-state index >= 15 is 0 Å². The van der Waals surface area contributed by atoms with Crippen molar-refractivity contribution in [2.24, 2.45) is 0 Å². The second kappa shape index (κ2) is 3.33. The average Bonchev–Trinajstić information content (AvgIpc) is 2.32. The van der Waals surface area contributed by atoms with Gasteiger partial charge in [0.25, 0.3) is 0 Å². The van der Waals surface area contributed by atoms with Crippen LogP contribution in [0.4, 0.5) is 0 Å². The molecule has 0 fully saturated rings. The number of rotatable bonds is 2. The number of aliphatic hydroxyl groups is 1. The lowest BCUT2D eigenvalue weighted by Crippen LogP contribution is -2.31. The van der Waals surface area contributed by atoms with Gasteiger partial charge in [0.05, 0.1) is 21.4 Å². The highest BCUT2D eigenvalue weighted by molar-refractivity contribution is 14.1. The zero-order chi connectivity index (χ0) is 9.35. The molecular weight excluding hydrogens is 267 g/mol. The van der Waals surface area contributed by atoms with Crippen molar-refractivity contribution in [3.63, 3.8) is 0 Å². The maximum atomic E-state index is 9.69. The van der Waals surface area contributed by atoms with Gasteiger partial charge in [0.1, 0.15) is 0 Å². The SMILES string of the molecule is C[C@H](n1cc(I)cn1)C(C)(C)O. The molecule has 0 amide bonds. The topological polar surface area (TPSA) is 38.0 Å². The van der Waals surface area contributed by atoms with Gasteiger partial charge in [0.2, 0.25) is 0 Å². The van der Waals surface area contributed by atoms with Gasteiger partial charge < -0.3 is 5.11 Å². The molecule has 0 radical (unpaired) electrons. The van der Waals surface area contributed by atoms with E-state index in [9.17, 15) is 5.11 Å². The molecule has 0 aliphatic carbocycles. The Bertz CT molecular complexity index is 264. The van der Waals surface area contributed by atoms with Gasteiger partial charge in [-0.25, -0.2) is 0 Å². The lowest BCUT2D eigenvalue weighted by atomic mass is 10.0. The molecule has 1 aromatic heterocycles. The van der Waals surface area contributed by atoms with Crippen LogP contribution in [-0.4, -0.2) is 20.5 Å². The number of nitrogens with zero attached hydrogens (tertiary/aromatic N) is 2. The predicted molar refractivity (Wildman–Crippen MR) is 56.0 cm³/mol. The van der Waals surface area contributed by atoms with Crippen LogP contribution in [0.1, 0.15) is 26.8 Å². The van der Waals surface area contributed by atoms with Gasteiger partial charge in [-0.05, 0) is 43.4 Å². The van der Waals surface area contributed by atoms with Gasteiger partial charge in [-0.2, -0.15) is 5.10 Å². The maximum absolute atomic E-state index is 9.69. The summed E-state index contributed by atoms with van der Waals surface area (Å²) in [6, 6.07) is 0.000941. The van der Waals surface area contributed by atoms with Gasteiger partial charge in [0.15, 0.2) is 0 Å². The number of aromatic nitrogens is 2. The Kier molecular flexibility index (Phi) is 2.77. The van der Waals surface area contributed by atoms with Crippen molar-refractivity contribution in [3.05, 3.63) is 16.0 Å². The summed E-state index contributed by atoms with van der Waals surface area (Å²) in [4.78, 5) is 0. The lowest BCUT2D eigenvalue weighted by molar-refractivity contribution is 0.0258. The van der Waals surface area contributed by atoms with Crippen LogP contribution in [0, 0.1) is 3.57 Å². The van der Waals surface area contributed by atoms with Crippen molar-refractivity contribution >= 4 is 22.6 Å². The minimum absolute atomic E-state index is 0.000941. The first-order chi connectivity index (χ1) is 5.41. The molecule has 0 bridgehead atoms. The highest BCUT2D eigenvalue weighted by Gasteiger charge is 2.24. The Labute approximate surface area is 85.9 Å². The molecule has 1 heterocycles. The summed E-state index contributed by atoms with van der Waals surface area (Å²) >= 11 is 2.20. The van der Waals surface area contributed by atoms with Crippen LogP contribution in [-0.2, 0) is 0 Å². The highest BCUT2D eigenvalue weighted by atomic mass is 127. The molecule has 1 atom stereocenters. The molecule has 0 saturated carbocycles. The van der Waals surface area contributed by atoms with Crippen molar-refractivity contribution in [2.45, 2.75) is 32.4 Å². The zero-order valence-corrected chi connectivity index (χ0v) is 9.61. The van der Waals surface area contributed by atoms with Crippen molar-refractivity contribution in [1.29, 1.82) is 0 Å². The zero-order valence-electron chi connectivity index (χ0n) is 7.45. The second-order valence-electron chi connectivity index (χ2n) is 3.47. The van der Waals surface area contributed by atoms with Crippen molar-refractivity contribution in [1.82, 2.24) is 9.78 Å². The molecule has 0 aliphatic heterocycles. The Balaban J connectivity index is 2.85. The first kappa shape index (κ1) is 9.98. The monoisotopic (exact) mass is 280 g/mol. The molecule has 0 saturated heterocycles. The van der Waals surface area contributed by atoms with E-state index in [0.29, 0.717) is 0 Å². The van der Waals surface area contributed by atoms with Crippen molar-refractivity contribution in [2.75, 3.05) is 0 Å². The molecule has 1 N–H and O–H groups in total. The third kappa shape index (κ3) is 2.20. The van der Waals surface area contributed by atoms with Crippen LogP contribution in [0.2, 0.25) is 0 Å². The molecule has 0 spiro atoms. The summed E-state index contributed by atoms with van der Waals surface area (Å²) in [5.41, 5.74) is -0.727. The van der Waals surface area contributed by atoms with E-state index in [-0.39, 0.29) is 6.04 Å². The predicted octanol–water partition coefficient (Wildman–Crippen LogP) is 1.82. The standard InChI is InChI=1S/C8H13IN2O/c1-6(8(2,3)12)11-5-7(9)4-10-11/h4-6,12H,1-3H3/t6-/m0/s1. The molecule has 1 rings (SSSR count). The van der Waals surface area contributed by atoms with E-state index in [4.69, 9.17) is 0 Å². The van der Waals surface area contributed by atoms with Crippen LogP contribution < -0.4 is 0 Å². The van der Waals surface area contributed by atoms with Crippen molar-refractivity contribution in [3.8, 4) is 0 Å². The maximum Gasteiger partial charge on any atom is 0.0812 e. The van der Waals surface area contributed by atoms with Gasteiger partial charge in [-0.15, -0.1) is 0 Å². The first-order valence-corrected chi connectivity index (χ1v) is 4.91. The number of halogens is 1. The summed E-state index contributed by atoms with van der Waals surface area (Å²) in [6.07, 6.45) is 3.70. The minimum Gasteiger partial charge on any atom is -0.388 e. The van der Waals surface area contributed by atoms with E-state index in [1.807, 2.05) is 13.1 Å². The number of hydrogen-bond acceptors (Lipinski definition) is 2. The fourth-order valence-electron chi connectivity index (χ4n) is 0.850. The third-order valence-electron chi connectivity index (χ3n) is 1.99. The van der Waals surface area contributed by atoms with Crippen LogP contribution in [0.25, 0.3) is 0 Å². The van der Waals surface area contributed by atoms with Gasteiger partial charge in [-0.1, -0.05) is 0 Å². The smallest absolute Gasteiger partial charge is 0.0812 e. The fourth-order valence-corrected chi connectivity index (χ4v) is 1.26. The van der Waals surface area contributed by atoms with Crippen LogP contribution in [0.5, 0.6) is 0 Å². The van der Waals surface area contributed by atoms with Gasteiger partial charge >= 0.3 is 0 Å². The average molecular weight is 280 g/mol. The van der Waals surface area contributed by atoms with E-state index in [0.717, 1.165) is 3.57 Å². The molecule has 3 nitrogen and oxygen atoms in total. The summed E-state index contributed by atoms with van der Waals surface area (Å²) in [7, 11) is 0. The molecule has 0 unspecified atom stereocenters. The quantitative estimate of drug-likeness (QED) is 0.839. The summed E-state index contributed by atoms with van der Waals surface area (Å²) in [6.45, 7) is 5.52. The van der Waals surface area contributed by atoms with Gasteiger partial charge in [-0.3, -0.25) is 4.68 Å². The number of hydrogen-bond donors (Lipinski definition) is 1. The van der Waals surface area contributed by atoms with E-state index in [1.165, 1.54) is 0 Å². The second-order valence-corrected chi connectivity index (χ2v) is 4.71. The molecule has 68 valence electrons. The van der Waals surface area contributed by atoms with Crippen molar-refractivity contribution < 1.29 is 5.11 Å². The minimum atomic E-state index is -0.727. The van der Waals surface area contributed by atoms with E-state index < -0.39 is 5.60 Å². The highest BCUT2D eigenvalue weighted by Crippen LogP contribution is 2.20. The lowest BCUT2D eigenvalue weighted by Gasteiger charge is -2.25. The molecule has 0 aromatic carbocycles.